The van der Waals surface area contributed by atoms with Gasteiger partial charge in [-0.3, -0.25) is 4.79 Å². The van der Waals surface area contributed by atoms with Crippen LogP contribution < -0.4 is 15.4 Å². The van der Waals surface area contributed by atoms with E-state index in [1.54, 1.807) is 13.3 Å². The fourth-order valence-corrected chi connectivity index (χ4v) is 2.06. The van der Waals surface area contributed by atoms with Gasteiger partial charge in [-0.25, -0.2) is 4.98 Å². The summed E-state index contributed by atoms with van der Waals surface area (Å²) in [5.74, 6) is 1.29. The Kier molecular flexibility index (Phi) is 5.16. The lowest BCUT2D eigenvalue weighted by Gasteiger charge is -2.12. The quantitative estimate of drug-likeness (QED) is 0.867. The lowest BCUT2D eigenvalue weighted by molar-refractivity contribution is -0.114. The first-order valence-corrected chi connectivity index (χ1v) is 7.17. The third-order valence-corrected chi connectivity index (χ3v) is 3.24. The summed E-state index contributed by atoms with van der Waals surface area (Å²) >= 11 is 3.35. The number of rotatable bonds is 5. The number of halogens is 1. The number of aromatic nitrogens is 1. The van der Waals surface area contributed by atoms with E-state index < -0.39 is 0 Å². The summed E-state index contributed by atoms with van der Waals surface area (Å²) in [6, 6.07) is 9.47. The fraction of sp³-hybridized carbons (Fsp3) is 0.200. The summed E-state index contributed by atoms with van der Waals surface area (Å²) in [7, 11) is 1.57. The average Bonchev–Trinajstić information content (AvgIpc) is 2.46. The minimum Gasteiger partial charge on any atom is -0.495 e. The topological polar surface area (TPSA) is 63.2 Å². The van der Waals surface area contributed by atoms with Crippen molar-refractivity contribution < 1.29 is 9.53 Å². The SMILES string of the molecule is COc1ccc(CNc2ccc(Br)cn2)cc1NC(C)=O. The number of pyridine rings is 1. The van der Waals surface area contributed by atoms with Crippen LogP contribution in [-0.4, -0.2) is 18.0 Å². The predicted molar refractivity (Wildman–Crippen MR) is 86.6 cm³/mol. The van der Waals surface area contributed by atoms with Gasteiger partial charge < -0.3 is 15.4 Å². The van der Waals surface area contributed by atoms with Gasteiger partial charge in [-0.05, 0) is 45.8 Å². The Morgan fingerprint density at radius 1 is 1.33 bits per heavy atom. The molecule has 0 aliphatic heterocycles. The number of nitrogens with zero attached hydrogens (tertiary/aromatic N) is 1. The Labute approximate surface area is 131 Å². The van der Waals surface area contributed by atoms with Gasteiger partial charge in [0.15, 0.2) is 0 Å². The maximum Gasteiger partial charge on any atom is 0.221 e. The van der Waals surface area contributed by atoms with Crippen LogP contribution in [0.3, 0.4) is 0 Å². The average molecular weight is 350 g/mol. The van der Waals surface area contributed by atoms with Gasteiger partial charge in [0.1, 0.15) is 11.6 Å². The molecule has 6 heteroatoms. The van der Waals surface area contributed by atoms with Gasteiger partial charge >= 0.3 is 0 Å². The van der Waals surface area contributed by atoms with E-state index in [0.29, 0.717) is 18.0 Å². The lowest BCUT2D eigenvalue weighted by Crippen LogP contribution is -2.08. The highest BCUT2D eigenvalue weighted by Crippen LogP contribution is 2.25. The van der Waals surface area contributed by atoms with Crippen molar-refractivity contribution >= 4 is 33.3 Å². The van der Waals surface area contributed by atoms with Gasteiger partial charge in [0.2, 0.25) is 5.91 Å². The molecule has 0 fully saturated rings. The van der Waals surface area contributed by atoms with Gasteiger partial charge in [0.25, 0.3) is 0 Å². The molecular formula is C15H16BrN3O2. The maximum absolute atomic E-state index is 11.2. The second-order valence-electron chi connectivity index (χ2n) is 4.43. The van der Waals surface area contributed by atoms with Crippen LogP contribution in [-0.2, 0) is 11.3 Å². The smallest absolute Gasteiger partial charge is 0.221 e. The molecule has 2 N–H and O–H groups in total. The molecule has 0 bridgehead atoms. The molecule has 1 amide bonds. The van der Waals surface area contributed by atoms with Gasteiger partial charge in [-0.1, -0.05) is 6.07 Å². The Hall–Kier alpha value is -2.08. The molecule has 1 aromatic heterocycles. The molecule has 0 aliphatic rings. The van der Waals surface area contributed by atoms with E-state index in [2.05, 4.69) is 31.5 Å². The maximum atomic E-state index is 11.2. The van der Waals surface area contributed by atoms with Crippen LogP contribution in [0.4, 0.5) is 11.5 Å². The van der Waals surface area contributed by atoms with Gasteiger partial charge in [-0.2, -0.15) is 0 Å². The number of hydrogen-bond donors (Lipinski definition) is 2. The second kappa shape index (κ2) is 7.08. The highest BCUT2D eigenvalue weighted by Gasteiger charge is 2.06. The van der Waals surface area contributed by atoms with E-state index >= 15 is 0 Å². The van der Waals surface area contributed by atoms with E-state index in [1.165, 1.54) is 6.92 Å². The van der Waals surface area contributed by atoms with Crippen LogP contribution in [0.5, 0.6) is 5.75 Å². The largest absolute Gasteiger partial charge is 0.495 e. The van der Waals surface area contributed by atoms with Crippen LogP contribution in [0.1, 0.15) is 12.5 Å². The lowest BCUT2D eigenvalue weighted by atomic mass is 10.2. The Balaban J connectivity index is 2.09. The number of hydrogen-bond acceptors (Lipinski definition) is 4. The number of methoxy groups -OCH3 is 1. The minimum atomic E-state index is -0.131. The normalized spacial score (nSPS) is 10.0. The molecule has 0 atom stereocenters. The monoisotopic (exact) mass is 349 g/mol. The molecule has 1 aromatic carbocycles. The number of anilines is 2. The molecule has 110 valence electrons. The number of ether oxygens (including phenoxy) is 1. The number of nitrogens with one attached hydrogen (secondary N) is 2. The second-order valence-corrected chi connectivity index (χ2v) is 5.35. The number of carbonyl (C=O) groups excluding carboxylic acids is 1. The molecule has 2 aromatic rings. The van der Waals surface area contributed by atoms with Crippen LogP contribution in [0, 0.1) is 0 Å². The van der Waals surface area contributed by atoms with E-state index in [9.17, 15) is 4.79 Å². The number of benzene rings is 1. The summed E-state index contributed by atoms with van der Waals surface area (Å²) < 4.78 is 6.16. The molecule has 0 saturated carbocycles. The van der Waals surface area contributed by atoms with Crippen molar-refractivity contribution in [2.75, 3.05) is 17.7 Å². The summed E-state index contributed by atoms with van der Waals surface area (Å²) in [6.07, 6.45) is 1.74. The molecule has 0 saturated heterocycles. The molecule has 2 rings (SSSR count). The van der Waals surface area contributed by atoms with Crippen molar-refractivity contribution in [1.82, 2.24) is 4.98 Å². The molecule has 5 nitrogen and oxygen atoms in total. The van der Waals surface area contributed by atoms with Crippen LogP contribution in [0.2, 0.25) is 0 Å². The predicted octanol–water partition coefficient (Wildman–Crippen LogP) is 3.42. The summed E-state index contributed by atoms with van der Waals surface area (Å²) in [5.41, 5.74) is 1.68. The molecule has 21 heavy (non-hydrogen) atoms. The van der Waals surface area contributed by atoms with Crippen molar-refractivity contribution in [2.24, 2.45) is 0 Å². The summed E-state index contributed by atoms with van der Waals surface area (Å²) in [6.45, 7) is 2.07. The summed E-state index contributed by atoms with van der Waals surface area (Å²) in [5, 5.41) is 5.98. The zero-order valence-corrected chi connectivity index (χ0v) is 13.4. The summed E-state index contributed by atoms with van der Waals surface area (Å²) in [4.78, 5) is 15.5. The van der Waals surface area contributed by atoms with Crippen molar-refractivity contribution in [3.05, 3.63) is 46.6 Å². The van der Waals surface area contributed by atoms with Crippen molar-refractivity contribution in [1.29, 1.82) is 0 Å². The molecule has 0 aliphatic carbocycles. The molecule has 1 heterocycles. The first kappa shape index (κ1) is 15.3. The first-order chi connectivity index (χ1) is 10.1. The standard InChI is InChI=1S/C15H16BrN3O2/c1-10(20)19-13-7-11(3-5-14(13)21-2)8-17-15-6-4-12(16)9-18-15/h3-7,9H,8H2,1-2H3,(H,17,18)(H,19,20). The van der Waals surface area contributed by atoms with Crippen LogP contribution in [0.25, 0.3) is 0 Å². The third-order valence-electron chi connectivity index (χ3n) is 2.78. The zero-order valence-electron chi connectivity index (χ0n) is 11.8. The Morgan fingerprint density at radius 2 is 2.14 bits per heavy atom. The van der Waals surface area contributed by atoms with Crippen molar-refractivity contribution in [3.8, 4) is 5.75 Å². The van der Waals surface area contributed by atoms with E-state index in [4.69, 9.17) is 4.74 Å². The number of amides is 1. The van der Waals surface area contributed by atoms with Crippen molar-refractivity contribution in [2.45, 2.75) is 13.5 Å². The molecule has 0 spiro atoms. The Morgan fingerprint density at radius 3 is 2.76 bits per heavy atom. The van der Waals surface area contributed by atoms with Gasteiger partial charge in [0.05, 0.1) is 12.8 Å². The van der Waals surface area contributed by atoms with Crippen LogP contribution >= 0.6 is 15.9 Å². The van der Waals surface area contributed by atoms with Crippen LogP contribution in [0.15, 0.2) is 41.0 Å². The minimum absolute atomic E-state index is 0.131. The van der Waals surface area contributed by atoms with E-state index in [-0.39, 0.29) is 5.91 Å². The molecule has 0 unspecified atom stereocenters. The third kappa shape index (κ3) is 4.46. The highest BCUT2D eigenvalue weighted by atomic mass is 79.9. The Bertz CT molecular complexity index is 629. The van der Waals surface area contributed by atoms with E-state index in [0.717, 1.165) is 15.9 Å². The van der Waals surface area contributed by atoms with Gasteiger partial charge in [0, 0.05) is 24.1 Å². The fourth-order valence-electron chi connectivity index (χ4n) is 1.83. The molecule has 0 radical (unpaired) electrons. The molecular weight excluding hydrogens is 334 g/mol. The first-order valence-electron chi connectivity index (χ1n) is 6.38. The zero-order chi connectivity index (χ0) is 15.2. The highest BCUT2D eigenvalue weighted by molar-refractivity contribution is 9.10. The van der Waals surface area contributed by atoms with Gasteiger partial charge in [-0.15, -0.1) is 0 Å². The van der Waals surface area contributed by atoms with E-state index in [1.807, 2.05) is 30.3 Å². The number of carbonyl (C=O) groups is 1. The van der Waals surface area contributed by atoms with Crippen molar-refractivity contribution in [3.63, 3.8) is 0 Å².